The molecule has 0 aliphatic heterocycles. The standard InChI is InChI=1S/C10H13N5O/c1-2-5-15-9(7-13-14-15)10(16)8-6-11-3-4-12-8/h3-4,6-7,10,16H,2,5H2,1H3. The topological polar surface area (TPSA) is 76.7 Å². The van der Waals surface area contributed by atoms with Crippen molar-refractivity contribution in [2.75, 3.05) is 0 Å². The van der Waals surface area contributed by atoms with Gasteiger partial charge in [-0.1, -0.05) is 12.1 Å². The number of aliphatic hydroxyl groups is 1. The summed E-state index contributed by atoms with van der Waals surface area (Å²) in [5.41, 5.74) is 1.14. The van der Waals surface area contributed by atoms with Gasteiger partial charge in [0.1, 0.15) is 6.10 Å². The van der Waals surface area contributed by atoms with Crippen LogP contribution in [0, 0.1) is 0 Å². The number of aryl methyl sites for hydroxylation is 1. The van der Waals surface area contributed by atoms with E-state index in [1.807, 2.05) is 6.92 Å². The second-order valence-corrected chi connectivity index (χ2v) is 3.41. The molecule has 0 amide bonds. The van der Waals surface area contributed by atoms with Crippen molar-refractivity contribution in [2.45, 2.75) is 26.0 Å². The van der Waals surface area contributed by atoms with Crippen molar-refractivity contribution in [1.29, 1.82) is 0 Å². The maximum absolute atomic E-state index is 10.1. The van der Waals surface area contributed by atoms with Crippen LogP contribution in [-0.2, 0) is 6.54 Å². The largest absolute Gasteiger partial charge is 0.380 e. The molecule has 0 saturated heterocycles. The minimum atomic E-state index is -0.824. The van der Waals surface area contributed by atoms with E-state index >= 15 is 0 Å². The van der Waals surface area contributed by atoms with Crippen LogP contribution in [0.4, 0.5) is 0 Å². The predicted octanol–water partition coefficient (Wildman–Crippen LogP) is 0.560. The van der Waals surface area contributed by atoms with E-state index in [2.05, 4.69) is 20.3 Å². The molecule has 2 rings (SSSR count). The van der Waals surface area contributed by atoms with E-state index in [1.165, 1.54) is 6.20 Å². The van der Waals surface area contributed by atoms with Crippen molar-refractivity contribution in [3.05, 3.63) is 36.2 Å². The molecule has 0 bridgehead atoms. The lowest BCUT2D eigenvalue weighted by Gasteiger charge is -2.10. The van der Waals surface area contributed by atoms with E-state index in [9.17, 15) is 5.11 Å². The Labute approximate surface area is 93.0 Å². The number of rotatable bonds is 4. The molecular formula is C10H13N5O. The fraction of sp³-hybridized carbons (Fsp3) is 0.400. The van der Waals surface area contributed by atoms with Crippen molar-refractivity contribution in [3.63, 3.8) is 0 Å². The first kappa shape index (κ1) is 10.7. The van der Waals surface area contributed by atoms with Crippen LogP contribution in [0.3, 0.4) is 0 Å². The molecule has 1 N–H and O–H groups in total. The first-order chi connectivity index (χ1) is 7.83. The molecule has 0 spiro atoms. The third-order valence-electron chi connectivity index (χ3n) is 2.23. The third kappa shape index (κ3) is 2.06. The maximum Gasteiger partial charge on any atom is 0.141 e. The number of hydrogen-bond donors (Lipinski definition) is 1. The maximum atomic E-state index is 10.1. The van der Waals surface area contributed by atoms with Gasteiger partial charge in [0.2, 0.25) is 0 Å². The van der Waals surface area contributed by atoms with Gasteiger partial charge in [-0.3, -0.25) is 9.97 Å². The number of nitrogens with zero attached hydrogens (tertiary/aromatic N) is 5. The van der Waals surface area contributed by atoms with Gasteiger partial charge in [0, 0.05) is 18.9 Å². The van der Waals surface area contributed by atoms with Gasteiger partial charge in [0.25, 0.3) is 0 Å². The van der Waals surface area contributed by atoms with Crippen LogP contribution in [0.25, 0.3) is 0 Å². The summed E-state index contributed by atoms with van der Waals surface area (Å²) in [7, 11) is 0. The second kappa shape index (κ2) is 4.80. The molecule has 2 heterocycles. The molecule has 0 fully saturated rings. The first-order valence-electron chi connectivity index (χ1n) is 5.15. The highest BCUT2D eigenvalue weighted by Crippen LogP contribution is 2.17. The number of hydrogen-bond acceptors (Lipinski definition) is 5. The lowest BCUT2D eigenvalue weighted by molar-refractivity contribution is 0.202. The van der Waals surface area contributed by atoms with E-state index in [-0.39, 0.29) is 0 Å². The molecule has 0 aromatic carbocycles. The SMILES string of the molecule is CCCn1nncc1C(O)c1cnccn1. The van der Waals surface area contributed by atoms with E-state index < -0.39 is 6.10 Å². The summed E-state index contributed by atoms with van der Waals surface area (Å²) >= 11 is 0. The average Bonchev–Trinajstić information content (AvgIpc) is 2.78. The minimum absolute atomic E-state index is 0.502. The third-order valence-corrected chi connectivity index (χ3v) is 2.23. The highest BCUT2D eigenvalue weighted by atomic mass is 16.3. The van der Waals surface area contributed by atoms with Crippen molar-refractivity contribution in [1.82, 2.24) is 25.0 Å². The zero-order valence-corrected chi connectivity index (χ0v) is 8.98. The molecule has 84 valence electrons. The Morgan fingerprint density at radius 1 is 1.38 bits per heavy atom. The molecule has 0 aliphatic carbocycles. The Bertz CT molecular complexity index is 441. The van der Waals surface area contributed by atoms with E-state index in [4.69, 9.17) is 0 Å². The number of aromatic nitrogens is 5. The molecule has 6 nitrogen and oxygen atoms in total. The summed E-state index contributed by atoms with van der Waals surface area (Å²) in [5.74, 6) is 0. The smallest absolute Gasteiger partial charge is 0.141 e. The lowest BCUT2D eigenvalue weighted by Crippen LogP contribution is -2.11. The Morgan fingerprint density at radius 3 is 2.94 bits per heavy atom. The lowest BCUT2D eigenvalue weighted by atomic mass is 10.2. The van der Waals surface area contributed by atoms with E-state index in [0.717, 1.165) is 13.0 Å². The van der Waals surface area contributed by atoms with Crippen LogP contribution in [-0.4, -0.2) is 30.1 Å². The Kier molecular flexibility index (Phi) is 3.21. The highest BCUT2D eigenvalue weighted by Gasteiger charge is 2.17. The van der Waals surface area contributed by atoms with Gasteiger partial charge in [-0.2, -0.15) is 0 Å². The van der Waals surface area contributed by atoms with Crippen LogP contribution < -0.4 is 0 Å². The summed E-state index contributed by atoms with van der Waals surface area (Å²) < 4.78 is 1.68. The summed E-state index contributed by atoms with van der Waals surface area (Å²) in [6, 6.07) is 0. The summed E-state index contributed by atoms with van der Waals surface area (Å²) in [5, 5.41) is 17.8. The highest BCUT2D eigenvalue weighted by molar-refractivity contribution is 5.13. The Balaban J connectivity index is 2.27. The zero-order valence-electron chi connectivity index (χ0n) is 8.98. The predicted molar refractivity (Wildman–Crippen MR) is 56.4 cm³/mol. The molecule has 1 unspecified atom stereocenters. The van der Waals surface area contributed by atoms with Crippen molar-refractivity contribution < 1.29 is 5.11 Å². The minimum Gasteiger partial charge on any atom is -0.380 e. The van der Waals surface area contributed by atoms with Crippen LogP contribution in [0.2, 0.25) is 0 Å². The fourth-order valence-electron chi connectivity index (χ4n) is 1.47. The van der Waals surface area contributed by atoms with Crippen molar-refractivity contribution in [3.8, 4) is 0 Å². The zero-order chi connectivity index (χ0) is 11.4. The molecule has 1 atom stereocenters. The summed E-state index contributed by atoms with van der Waals surface area (Å²) in [4.78, 5) is 7.97. The fourth-order valence-corrected chi connectivity index (χ4v) is 1.47. The molecule has 16 heavy (non-hydrogen) atoms. The Morgan fingerprint density at radius 2 is 2.25 bits per heavy atom. The quantitative estimate of drug-likeness (QED) is 0.813. The van der Waals surface area contributed by atoms with Crippen LogP contribution in [0.15, 0.2) is 24.8 Å². The van der Waals surface area contributed by atoms with Crippen LogP contribution in [0.1, 0.15) is 30.8 Å². The number of aliphatic hydroxyl groups excluding tert-OH is 1. The van der Waals surface area contributed by atoms with Gasteiger partial charge in [0.15, 0.2) is 0 Å². The monoisotopic (exact) mass is 219 g/mol. The molecule has 6 heteroatoms. The normalized spacial score (nSPS) is 12.6. The summed E-state index contributed by atoms with van der Waals surface area (Å²) in [6.45, 7) is 2.77. The van der Waals surface area contributed by atoms with Crippen LogP contribution in [0.5, 0.6) is 0 Å². The van der Waals surface area contributed by atoms with Gasteiger partial charge >= 0.3 is 0 Å². The molecule has 0 saturated carbocycles. The van der Waals surface area contributed by atoms with E-state index in [1.54, 1.807) is 23.3 Å². The molecule has 0 aliphatic rings. The second-order valence-electron chi connectivity index (χ2n) is 3.41. The van der Waals surface area contributed by atoms with Gasteiger partial charge in [-0.15, -0.1) is 5.10 Å². The molecule has 2 aromatic heterocycles. The van der Waals surface area contributed by atoms with Crippen molar-refractivity contribution >= 4 is 0 Å². The van der Waals surface area contributed by atoms with Gasteiger partial charge in [-0.25, -0.2) is 4.68 Å². The summed E-state index contributed by atoms with van der Waals surface area (Å²) in [6.07, 6.45) is 6.31. The van der Waals surface area contributed by atoms with Gasteiger partial charge < -0.3 is 5.11 Å². The van der Waals surface area contributed by atoms with Crippen molar-refractivity contribution in [2.24, 2.45) is 0 Å². The van der Waals surface area contributed by atoms with Crippen LogP contribution >= 0.6 is 0 Å². The van der Waals surface area contributed by atoms with Gasteiger partial charge in [-0.05, 0) is 6.42 Å². The van der Waals surface area contributed by atoms with E-state index in [0.29, 0.717) is 11.4 Å². The molecule has 0 radical (unpaired) electrons. The molecular weight excluding hydrogens is 206 g/mol. The van der Waals surface area contributed by atoms with Gasteiger partial charge in [0.05, 0.1) is 23.8 Å². The molecule has 2 aromatic rings. The average molecular weight is 219 g/mol. The first-order valence-corrected chi connectivity index (χ1v) is 5.15. The Hall–Kier alpha value is -1.82.